The number of nitrogens with zero attached hydrogens (tertiary/aromatic N) is 2. The number of furan rings is 1. The van der Waals surface area contributed by atoms with Gasteiger partial charge in [0.2, 0.25) is 5.78 Å². The van der Waals surface area contributed by atoms with Crippen LogP contribution in [0.25, 0.3) is 11.0 Å². The zero-order valence-corrected chi connectivity index (χ0v) is 20.3. The molecule has 0 spiro atoms. The van der Waals surface area contributed by atoms with Crippen molar-refractivity contribution in [3.63, 3.8) is 0 Å². The van der Waals surface area contributed by atoms with Crippen LogP contribution in [0.1, 0.15) is 29.1 Å². The number of carbonyl (C=O) groups is 2. The number of benzene rings is 3. The highest BCUT2D eigenvalue weighted by molar-refractivity contribution is 6.20. The van der Waals surface area contributed by atoms with Crippen LogP contribution in [0.3, 0.4) is 0 Å². The quantitative estimate of drug-likeness (QED) is 0.341. The predicted molar refractivity (Wildman–Crippen MR) is 139 cm³/mol. The Morgan fingerprint density at radius 2 is 1.72 bits per heavy atom. The van der Waals surface area contributed by atoms with Crippen molar-refractivity contribution in [2.75, 3.05) is 30.5 Å². The van der Waals surface area contributed by atoms with Crippen molar-refractivity contribution in [3.05, 3.63) is 102 Å². The lowest BCUT2D eigenvalue weighted by atomic mass is 9.94. The van der Waals surface area contributed by atoms with Crippen LogP contribution in [-0.4, -0.2) is 37.5 Å². The van der Waals surface area contributed by atoms with Gasteiger partial charge in [-0.05, 0) is 61.0 Å². The molecule has 0 fully saturated rings. The number of anilines is 2. The first kappa shape index (κ1) is 23.2. The number of amides is 1. The van der Waals surface area contributed by atoms with Gasteiger partial charge >= 0.3 is 0 Å². The van der Waals surface area contributed by atoms with E-state index in [-0.39, 0.29) is 11.3 Å². The van der Waals surface area contributed by atoms with E-state index in [1.54, 1.807) is 36.4 Å². The van der Waals surface area contributed by atoms with Crippen LogP contribution in [0.15, 0.2) is 94.6 Å². The molecular formula is C29H26N2O5. The van der Waals surface area contributed by atoms with E-state index >= 15 is 0 Å². The second kappa shape index (κ2) is 9.26. The predicted octanol–water partition coefficient (Wildman–Crippen LogP) is 5.68. The molecule has 0 aliphatic carbocycles. The first-order valence-electron chi connectivity index (χ1n) is 11.7. The van der Waals surface area contributed by atoms with E-state index in [2.05, 4.69) is 0 Å². The van der Waals surface area contributed by atoms with Gasteiger partial charge in [-0.2, -0.15) is 0 Å². The fraction of sp³-hybridized carbons (Fsp3) is 0.172. The molecule has 0 saturated carbocycles. The number of ketones is 1. The Morgan fingerprint density at radius 1 is 1.03 bits per heavy atom. The van der Waals surface area contributed by atoms with Crippen molar-refractivity contribution in [1.29, 1.82) is 0 Å². The van der Waals surface area contributed by atoms with Crippen LogP contribution in [-0.2, 0) is 4.79 Å². The van der Waals surface area contributed by atoms with Gasteiger partial charge in [0.25, 0.3) is 5.91 Å². The largest absolute Gasteiger partial charge is 0.503 e. The molecule has 1 aromatic heterocycles. The maximum atomic E-state index is 13.7. The number of aliphatic hydroxyl groups excluding tert-OH is 1. The van der Waals surface area contributed by atoms with Crippen LogP contribution in [0.5, 0.6) is 5.75 Å². The highest BCUT2D eigenvalue weighted by Crippen LogP contribution is 2.43. The highest BCUT2D eigenvalue weighted by Gasteiger charge is 2.45. The van der Waals surface area contributed by atoms with Gasteiger partial charge in [0.15, 0.2) is 11.5 Å². The summed E-state index contributed by atoms with van der Waals surface area (Å²) in [7, 11) is 3.87. The van der Waals surface area contributed by atoms with Gasteiger partial charge in [0.05, 0.1) is 18.2 Å². The molecule has 182 valence electrons. The van der Waals surface area contributed by atoms with Gasteiger partial charge in [-0.3, -0.25) is 14.5 Å². The molecule has 0 saturated heterocycles. The zero-order valence-electron chi connectivity index (χ0n) is 20.3. The molecule has 7 nitrogen and oxygen atoms in total. The molecule has 1 aliphatic rings. The number of aliphatic hydroxyl groups is 1. The number of rotatable bonds is 7. The van der Waals surface area contributed by atoms with E-state index in [4.69, 9.17) is 9.15 Å². The summed E-state index contributed by atoms with van der Waals surface area (Å²) in [5.74, 6) is -1.05. The molecule has 1 aliphatic heterocycles. The maximum absolute atomic E-state index is 13.7. The topological polar surface area (TPSA) is 83.2 Å². The van der Waals surface area contributed by atoms with Gasteiger partial charge in [0.1, 0.15) is 11.3 Å². The molecule has 1 atom stereocenters. The van der Waals surface area contributed by atoms with Crippen LogP contribution >= 0.6 is 0 Å². The smallest absolute Gasteiger partial charge is 0.294 e. The van der Waals surface area contributed by atoms with Gasteiger partial charge in [-0.15, -0.1) is 0 Å². The van der Waals surface area contributed by atoms with Crippen molar-refractivity contribution in [2.45, 2.75) is 13.0 Å². The molecular weight excluding hydrogens is 456 g/mol. The summed E-state index contributed by atoms with van der Waals surface area (Å²) in [6.45, 7) is 2.41. The first-order chi connectivity index (χ1) is 17.4. The minimum atomic E-state index is -0.840. The summed E-state index contributed by atoms with van der Waals surface area (Å²) in [6.07, 6.45) is 0. The van der Waals surface area contributed by atoms with Gasteiger partial charge in [0, 0.05) is 30.9 Å². The van der Waals surface area contributed by atoms with Crippen LogP contribution in [0, 0.1) is 0 Å². The zero-order chi connectivity index (χ0) is 25.4. The third-order valence-electron chi connectivity index (χ3n) is 6.25. The van der Waals surface area contributed by atoms with E-state index in [0.717, 1.165) is 11.1 Å². The number of para-hydroxylation sites is 1. The van der Waals surface area contributed by atoms with Crippen molar-refractivity contribution >= 4 is 34.0 Å². The van der Waals surface area contributed by atoms with Crippen molar-refractivity contribution < 1.29 is 23.8 Å². The standard InChI is InChI=1S/C29H26N2O5/c1-4-35-22-15-13-21(14-16-22)31-26(18-9-11-20(12-10-18)30(2)3)25(28(33)29(31)34)27(32)24-17-19-7-5-6-8-23(19)36-24/h5-17,26,33H,4H2,1-3H3. The molecule has 0 radical (unpaired) electrons. The molecule has 3 aromatic carbocycles. The average Bonchev–Trinajstić information content (AvgIpc) is 3.44. The summed E-state index contributed by atoms with van der Waals surface area (Å²) in [5, 5.41) is 11.8. The summed E-state index contributed by atoms with van der Waals surface area (Å²) in [6, 6.07) is 22.6. The van der Waals surface area contributed by atoms with Crippen LogP contribution < -0.4 is 14.5 Å². The Hall–Kier alpha value is -4.52. The molecule has 2 heterocycles. The van der Waals surface area contributed by atoms with E-state index < -0.39 is 23.5 Å². The Bertz CT molecular complexity index is 1430. The second-order valence-electron chi connectivity index (χ2n) is 8.73. The molecule has 5 rings (SSSR count). The summed E-state index contributed by atoms with van der Waals surface area (Å²) < 4.78 is 11.3. The summed E-state index contributed by atoms with van der Waals surface area (Å²) in [5.41, 5.74) is 2.72. The molecule has 1 unspecified atom stereocenters. The number of Topliss-reactive ketones (excluding diaryl/α,β-unsaturated/α-hetero) is 1. The normalized spacial score (nSPS) is 15.6. The molecule has 0 bridgehead atoms. The third-order valence-corrected chi connectivity index (χ3v) is 6.25. The molecule has 4 aromatic rings. The Kier molecular flexibility index (Phi) is 5.98. The van der Waals surface area contributed by atoms with Gasteiger partial charge < -0.3 is 19.2 Å². The molecule has 7 heteroatoms. The fourth-order valence-corrected chi connectivity index (χ4v) is 4.47. The molecule has 1 amide bonds. The Balaban J connectivity index is 1.62. The average molecular weight is 483 g/mol. The Labute approximate surface area is 208 Å². The Morgan fingerprint density at radius 3 is 2.36 bits per heavy atom. The highest BCUT2D eigenvalue weighted by atomic mass is 16.5. The van der Waals surface area contributed by atoms with Crippen molar-refractivity contribution in [1.82, 2.24) is 0 Å². The third kappa shape index (κ3) is 3.98. The van der Waals surface area contributed by atoms with Crippen molar-refractivity contribution in [3.8, 4) is 5.75 Å². The monoisotopic (exact) mass is 482 g/mol. The number of carbonyl (C=O) groups excluding carboxylic acids is 2. The lowest BCUT2D eigenvalue weighted by Gasteiger charge is -2.27. The van der Waals surface area contributed by atoms with E-state index in [0.29, 0.717) is 29.2 Å². The summed E-state index contributed by atoms with van der Waals surface area (Å²) in [4.78, 5) is 30.5. The lowest BCUT2D eigenvalue weighted by Crippen LogP contribution is -2.31. The number of hydrogen-bond acceptors (Lipinski definition) is 6. The minimum absolute atomic E-state index is 0.0226. The van der Waals surface area contributed by atoms with Crippen LogP contribution in [0.2, 0.25) is 0 Å². The molecule has 36 heavy (non-hydrogen) atoms. The van der Waals surface area contributed by atoms with E-state index in [1.165, 1.54) is 4.90 Å². The molecule has 1 N–H and O–H groups in total. The summed E-state index contributed by atoms with van der Waals surface area (Å²) >= 11 is 0. The first-order valence-corrected chi connectivity index (χ1v) is 11.7. The SMILES string of the molecule is CCOc1ccc(N2C(=O)C(O)=C(C(=O)c3cc4ccccc4o3)C2c2ccc(N(C)C)cc2)cc1. The number of hydrogen-bond donors (Lipinski definition) is 1. The lowest BCUT2D eigenvalue weighted by molar-refractivity contribution is -0.117. The van der Waals surface area contributed by atoms with Crippen molar-refractivity contribution in [2.24, 2.45) is 0 Å². The maximum Gasteiger partial charge on any atom is 0.294 e. The number of ether oxygens (including phenoxy) is 1. The van der Waals surface area contributed by atoms with Gasteiger partial charge in [-0.25, -0.2) is 0 Å². The fourth-order valence-electron chi connectivity index (χ4n) is 4.47. The minimum Gasteiger partial charge on any atom is -0.503 e. The van der Waals surface area contributed by atoms with Gasteiger partial charge in [-0.1, -0.05) is 30.3 Å². The number of fused-ring (bicyclic) bond motifs is 1. The second-order valence-corrected chi connectivity index (χ2v) is 8.73. The van der Waals surface area contributed by atoms with E-state index in [9.17, 15) is 14.7 Å². The van der Waals surface area contributed by atoms with Crippen LogP contribution in [0.4, 0.5) is 11.4 Å². The van der Waals surface area contributed by atoms with E-state index in [1.807, 2.05) is 68.4 Å².